The largest absolute Gasteiger partial charge is 0.356 e. The van der Waals surface area contributed by atoms with Crippen molar-refractivity contribution in [1.82, 2.24) is 30.0 Å². The van der Waals surface area contributed by atoms with E-state index in [2.05, 4.69) is 67.1 Å². The highest BCUT2D eigenvalue weighted by Crippen LogP contribution is 2.15. The van der Waals surface area contributed by atoms with Gasteiger partial charge in [-0.25, -0.2) is 4.98 Å². The van der Waals surface area contributed by atoms with Crippen LogP contribution in [0.4, 0.5) is 0 Å². The van der Waals surface area contributed by atoms with Crippen molar-refractivity contribution in [2.75, 3.05) is 59.9 Å². The van der Waals surface area contributed by atoms with E-state index in [1.165, 1.54) is 38.1 Å². The maximum atomic E-state index is 4.64. The third-order valence-electron chi connectivity index (χ3n) is 5.68. The molecule has 29 heavy (non-hydrogen) atoms. The zero-order valence-corrected chi connectivity index (χ0v) is 18.3. The van der Waals surface area contributed by atoms with Crippen LogP contribution in [0.2, 0.25) is 0 Å². The molecule has 0 saturated carbocycles. The molecule has 1 aromatic heterocycles. The van der Waals surface area contributed by atoms with Crippen molar-refractivity contribution in [2.24, 2.45) is 4.99 Å². The first kappa shape index (κ1) is 21.6. The van der Waals surface area contributed by atoms with Crippen LogP contribution in [-0.4, -0.2) is 85.2 Å². The number of likely N-dealkylation sites (N-methyl/N-ethyl adjacent to an activating group) is 1. The molecule has 1 fully saturated rings. The Morgan fingerprint density at radius 3 is 2.59 bits per heavy atom. The van der Waals surface area contributed by atoms with Gasteiger partial charge in [-0.1, -0.05) is 12.1 Å². The Morgan fingerprint density at radius 2 is 1.79 bits per heavy atom. The number of hydrogen-bond acceptors (Lipinski definition) is 4. The molecule has 1 aliphatic heterocycles. The van der Waals surface area contributed by atoms with Crippen LogP contribution in [0.15, 0.2) is 29.3 Å². The molecule has 0 unspecified atom stereocenters. The molecule has 3 rings (SSSR count). The minimum Gasteiger partial charge on any atom is -0.356 e. The number of nitrogens with zero attached hydrogens (tertiary/aromatic N) is 5. The fourth-order valence-electron chi connectivity index (χ4n) is 3.98. The molecular weight excluding hydrogens is 362 g/mol. The lowest BCUT2D eigenvalue weighted by molar-refractivity contribution is 0.274. The summed E-state index contributed by atoms with van der Waals surface area (Å²) in [4.78, 5) is 14.0. The van der Waals surface area contributed by atoms with Crippen molar-refractivity contribution in [2.45, 2.75) is 32.7 Å². The van der Waals surface area contributed by atoms with Crippen LogP contribution in [0, 0.1) is 6.92 Å². The van der Waals surface area contributed by atoms with E-state index >= 15 is 0 Å². The van der Waals surface area contributed by atoms with Crippen LogP contribution in [0.5, 0.6) is 0 Å². The number of aromatic nitrogens is 2. The van der Waals surface area contributed by atoms with Gasteiger partial charge in [-0.15, -0.1) is 0 Å². The quantitative estimate of drug-likeness (QED) is 0.404. The second-order valence-electron chi connectivity index (χ2n) is 7.93. The Labute approximate surface area is 175 Å². The van der Waals surface area contributed by atoms with E-state index in [4.69, 9.17) is 0 Å². The van der Waals surface area contributed by atoms with Gasteiger partial charge in [0.15, 0.2) is 5.96 Å². The van der Waals surface area contributed by atoms with Gasteiger partial charge in [0.25, 0.3) is 0 Å². The third-order valence-corrected chi connectivity index (χ3v) is 5.68. The van der Waals surface area contributed by atoms with Crippen LogP contribution in [0.1, 0.15) is 25.1 Å². The molecule has 2 heterocycles. The van der Waals surface area contributed by atoms with Gasteiger partial charge in [-0.2, -0.15) is 0 Å². The van der Waals surface area contributed by atoms with Gasteiger partial charge >= 0.3 is 0 Å². The number of imidazole rings is 1. The van der Waals surface area contributed by atoms with Crippen molar-refractivity contribution in [1.29, 1.82) is 0 Å². The van der Waals surface area contributed by atoms with Crippen molar-refractivity contribution >= 4 is 17.0 Å². The number of rotatable bonds is 8. The lowest BCUT2D eigenvalue weighted by Gasteiger charge is -2.20. The number of hydrogen-bond donors (Lipinski definition) is 2. The van der Waals surface area contributed by atoms with Crippen molar-refractivity contribution in [3.8, 4) is 0 Å². The topological polar surface area (TPSA) is 60.7 Å². The van der Waals surface area contributed by atoms with Crippen LogP contribution >= 0.6 is 0 Å². The van der Waals surface area contributed by atoms with Crippen molar-refractivity contribution in [3.63, 3.8) is 0 Å². The van der Waals surface area contributed by atoms with E-state index in [1.807, 2.05) is 13.1 Å². The number of aliphatic imine (C=N–C) groups is 1. The Morgan fingerprint density at radius 1 is 1.03 bits per heavy atom. The van der Waals surface area contributed by atoms with Gasteiger partial charge in [-0.05, 0) is 65.0 Å². The molecule has 2 N–H and O–H groups in total. The van der Waals surface area contributed by atoms with Gasteiger partial charge in [-0.3, -0.25) is 4.99 Å². The molecular formula is C22H37N7. The van der Waals surface area contributed by atoms with Gasteiger partial charge < -0.3 is 25.0 Å². The first-order chi connectivity index (χ1) is 14.2. The van der Waals surface area contributed by atoms with E-state index in [1.54, 1.807) is 0 Å². The lowest BCUT2D eigenvalue weighted by atomic mass is 10.3. The number of benzene rings is 1. The molecule has 7 nitrogen and oxygen atoms in total. The van der Waals surface area contributed by atoms with Gasteiger partial charge in [0.05, 0.1) is 11.0 Å². The van der Waals surface area contributed by atoms with Crippen LogP contribution in [0.25, 0.3) is 11.0 Å². The average Bonchev–Trinajstić information content (AvgIpc) is 2.89. The fourth-order valence-corrected chi connectivity index (χ4v) is 3.98. The molecule has 0 amide bonds. The van der Waals surface area contributed by atoms with E-state index < -0.39 is 0 Å². The summed E-state index contributed by atoms with van der Waals surface area (Å²) < 4.78 is 2.30. The molecule has 0 radical (unpaired) electrons. The molecule has 0 spiro atoms. The normalized spacial score (nSPS) is 16.9. The summed E-state index contributed by atoms with van der Waals surface area (Å²) in [6.45, 7) is 10.9. The zero-order chi connectivity index (χ0) is 20.5. The molecule has 1 aromatic carbocycles. The van der Waals surface area contributed by atoms with Crippen LogP contribution < -0.4 is 10.6 Å². The summed E-state index contributed by atoms with van der Waals surface area (Å²) in [6, 6.07) is 8.34. The molecule has 7 heteroatoms. The number of aryl methyl sites for hydroxylation is 2. The predicted octanol–water partition coefficient (Wildman–Crippen LogP) is 1.93. The second kappa shape index (κ2) is 11.2. The molecule has 160 valence electrons. The SMILES string of the molecule is CN=C(NCCCN1CCCN(C)CC1)NCCCn1c(C)nc2ccccc21. The number of para-hydroxylation sites is 2. The van der Waals surface area contributed by atoms with E-state index in [0.29, 0.717) is 0 Å². The molecule has 2 aromatic rings. The maximum absolute atomic E-state index is 4.64. The molecule has 0 aliphatic carbocycles. The standard InChI is InChI=1S/C22H37N7/c1-19-26-20-9-4-5-10-21(20)29(19)16-7-12-25-22(23-2)24-11-6-14-28-15-8-13-27(3)17-18-28/h4-5,9-10H,6-8,11-18H2,1-3H3,(H2,23,24,25). The highest BCUT2D eigenvalue weighted by Gasteiger charge is 2.11. The van der Waals surface area contributed by atoms with Crippen LogP contribution in [0.3, 0.4) is 0 Å². The van der Waals surface area contributed by atoms with E-state index in [0.717, 1.165) is 56.3 Å². The highest BCUT2D eigenvalue weighted by molar-refractivity contribution is 5.79. The maximum Gasteiger partial charge on any atom is 0.190 e. The van der Waals surface area contributed by atoms with E-state index in [9.17, 15) is 0 Å². The summed E-state index contributed by atoms with van der Waals surface area (Å²) in [5, 5.41) is 6.89. The van der Waals surface area contributed by atoms with E-state index in [-0.39, 0.29) is 0 Å². The summed E-state index contributed by atoms with van der Waals surface area (Å²) in [5.41, 5.74) is 2.29. The monoisotopic (exact) mass is 399 g/mol. The van der Waals surface area contributed by atoms with Crippen LogP contribution in [-0.2, 0) is 6.54 Å². The lowest BCUT2D eigenvalue weighted by Crippen LogP contribution is -2.39. The first-order valence-electron chi connectivity index (χ1n) is 10.9. The minimum atomic E-state index is 0.893. The predicted molar refractivity (Wildman–Crippen MR) is 122 cm³/mol. The van der Waals surface area contributed by atoms with Crippen molar-refractivity contribution in [3.05, 3.63) is 30.1 Å². The smallest absolute Gasteiger partial charge is 0.190 e. The average molecular weight is 400 g/mol. The molecule has 0 bridgehead atoms. The van der Waals surface area contributed by atoms with Crippen molar-refractivity contribution < 1.29 is 0 Å². The first-order valence-corrected chi connectivity index (χ1v) is 10.9. The molecule has 1 saturated heterocycles. The van der Waals surface area contributed by atoms with Gasteiger partial charge in [0, 0.05) is 39.8 Å². The zero-order valence-electron chi connectivity index (χ0n) is 18.3. The Balaban J connectivity index is 1.32. The molecule has 0 atom stereocenters. The summed E-state index contributed by atoms with van der Waals surface area (Å²) in [5.74, 6) is 1.97. The summed E-state index contributed by atoms with van der Waals surface area (Å²) in [7, 11) is 4.06. The summed E-state index contributed by atoms with van der Waals surface area (Å²) >= 11 is 0. The third kappa shape index (κ3) is 6.44. The number of guanidine groups is 1. The number of fused-ring (bicyclic) bond motifs is 1. The Hall–Kier alpha value is -2.12. The highest BCUT2D eigenvalue weighted by atomic mass is 15.2. The molecule has 1 aliphatic rings. The number of nitrogens with one attached hydrogen (secondary N) is 2. The fraction of sp³-hybridized carbons (Fsp3) is 0.636. The Kier molecular flexibility index (Phi) is 8.31. The minimum absolute atomic E-state index is 0.893. The second-order valence-corrected chi connectivity index (χ2v) is 7.93. The summed E-state index contributed by atoms with van der Waals surface area (Å²) in [6.07, 6.45) is 3.45. The Bertz CT molecular complexity index is 783. The van der Waals surface area contributed by atoms with Gasteiger partial charge in [0.1, 0.15) is 5.82 Å². The van der Waals surface area contributed by atoms with Gasteiger partial charge in [0.2, 0.25) is 0 Å².